The molecule has 1 aliphatic carbocycles. The molecule has 0 unspecified atom stereocenters. The average molecular weight is 300 g/mol. The molecule has 5 heteroatoms. The molecule has 92 valence electrons. The summed E-state index contributed by atoms with van der Waals surface area (Å²) in [4.78, 5) is 4.57. The van der Waals surface area contributed by atoms with E-state index in [2.05, 4.69) is 26.3 Å². The number of halogens is 2. The second-order valence-electron chi connectivity index (χ2n) is 4.19. The highest BCUT2D eigenvalue weighted by Crippen LogP contribution is 2.22. The number of benzene rings is 1. The molecule has 0 bridgehead atoms. The van der Waals surface area contributed by atoms with E-state index in [1.807, 2.05) is 0 Å². The van der Waals surface area contributed by atoms with Gasteiger partial charge in [-0.3, -0.25) is 4.99 Å². The molecule has 1 aliphatic rings. The first-order valence-electron chi connectivity index (χ1n) is 5.70. The number of aliphatic imine (C=N–C) groups is 1. The Kier molecular flexibility index (Phi) is 4.12. The Balaban J connectivity index is 2.24. The summed E-state index contributed by atoms with van der Waals surface area (Å²) in [5, 5.41) is 0. The van der Waals surface area contributed by atoms with Gasteiger partial charge in [-0.1, -0.05) is 12.8 Å². The second-order valence-corrected chi connectivity index (χ2v) is 5.04. The van der Waals surface area contributed by atoms with E-state index in [1.165, 1.54) is 18.9 Å². The molecule has 0 atom stereocenters. The zero-order chi connectivity index (χ0) is 12.3. The smallest absolute Gasteiger partial charge is 0.142 e. The number of nitrogens with zero attached hydrogens (tertiary/aromatic N) is 1. The maximum atomic E-state index is 13.1. The zero-order valence-electron chi connectivity index (χ0n) is 9.42. The number of nitrogens with two attached hydrogens (primary N) is 1. The Hall–Kier alpha value is -0.940. The van der Waals surface area contributed by atoms with E-state index in [0.717, 1.165) is 18.4 Å². The standard InChI is InChI=1S/C12H15BrFN3/c13-10-7-8(5-6-11(10)14)12(17-15)16-9-3-1-2-4-9/h5-7,9H,1-4,15H2,(H,16,17). The average Bonchev–Trinajstić information content (AvgIpc) is 2.82. The molecule has 0 heterocycles. The van der Waals surface area contributed by atoms with Crippen LogP contribution in [0.4, 0.5) is 4.39 Å². The highest BCUT2D eigenvalue weighted by atomic mass is 79.9. The minimum absolute atomic E-state index is 0.286. The Morgan fingerprint density at radius 1 is 1.41 bits per heavy atom. The molecule has 0 spiro atoms. The van der Waals surface area contributed by atoms with Crippen LogP contribution in [0.3, 0.4) is 0 Å². The van der Waals surface area contributed by atoms with Crippen LogP contribution in [0.15, 0.2) is 27.7 Å². The van der Waals surface area contributed by atoms with Crippen molar-refractivity contribution in [1.29, 1.82) is 0 Å². The molecule has 0 radical (unpaired) electrons. The van der Waals surface area contributed by atoms with Gasteiger partial charge in [-0.15, -0.1) is 0 Å². The first-order chi connectivity index (χ1) is 8.20. The molecule has 1 saturated carbocycles. The number of hydrazine groups is 1. The summed E-state index contributed by atoms with van der Waals surface area (Å²) in [6, 6.07) is 5.10. The monoisotopic (exact) mass is 299 g/mol. The van der Waals surface area contributed by atoms with Crippen LogP contribution < -0.4 is 11.3 Å². The molecular weight excluding hydrogens is 285 g/mol. The predicted molar refractivity (Wildman–Crippen MR) is 70.2 cm³/mol. The molecule has 0 aliphatic heterocycles. The molecule has 2 rings (SSSR count). The van der Waals surface area contributed by atoms with Gasteiger partial charge in [0.25, 0.3) is 0 Å². The van der Waals surface area contributed by atoms with E-state index in [4.69, 9.17) is 5.84 Å². The molecule has 3 N–H and O–H groups in total. The van der Waals surface area contributed by atoms with Crippen molar-refractivity contribution in [2.24, 2.45) is 10.8 Å². The third kappa shape index (κ3) is 3.04. The van der Waals surface area contributed by atoms with E-state index in [0.29, 0.717) is 16.4 Å². The van der Waals surface area contributed by atoms with Crippen LogP contribution in [0.2, 0.25) is 0 Å². The van der Waals surface area contributed by atoms with Crippen LogP contribution in [0, 0.1) is 5.82 Å². The normalized spacial score (nSPS) is 17.5. The van der Waals surface area contributed by atoms with Gasteiger partial charge in [0.15, 0.2) is 0 Å². The molecule has 1 fully saturated rings. The number of nitrogens with one attached hydrogen (secondary N) is 1. The number of hydrogen-bond acceptors (Lipinski definition) is 2. The summed E-state index contributed by atoms with van der Waals surface area (Å²) in [6.07, 6.45) is 4.65. The molecule has 3 nitrogen and oxygen atoms in total. The van der Waals surface area contributed by atoms with E-state index in [9.17, 15) is 4.39 Å². The summed E-state index contributed by atoms with van der Waals surface area (Å²) in [6.45, 7) is 0. The minimum Gasteiger partial charge on any atom is -0.308 e. The first-order valence-corrected chi connectivity index (χ1v) is 6.50. The fourth-order valence-corrected chi connectivity index (χ4v) is 2.43. The topological polar surface area (TPSA) is 50.4 Å². The van der Waals surface area contributed by atoms with E-state index >= 15 is 0 Å². The van der Waals surface area contributed by atoms with Crippen molar-refractivity contribution >= 4 is 21.8 Å². The molecule has 1 aromatic rings. The summed E-state index contributed by atoms with van der Waals surface area (Å²) >= 11 is 3.16. The van der Waals surface area contributed by atoms with Crippen molar-refractivity contribution in [2.75, 3.05) is 0 Å². The van der Waals surface area contributed by atoms with Gasteiger partial charge in [-0.05, 0) is 47.0 Å². The minimum atomic E-state index is -0.286. The van der Waals surface area contributed by atoms with Gasteiger partial charge in [-0.2, -0.15) is 0 Å². The molecule has 1 aromatic carbocycles. The third-order valence-electron chi connectivity index (χ3n) is 2.97. The van der Waals surface area contributed by atoms with Crippen molar-refractivity contribution < 1.29 is 4.39 Å². The predicted octanol–water partition coefficient (Wildman–Crippen LogP) is 2.74. The summed E-state index contributed by atoms with van der Waals surface area (Å²) < 4.78 is 13.6. The molecular formula is C12H15BrFN3. The maximum Gasteiger partial charge on any atom is 0.142 e. The van der Waals surface area contributed by atoms with E-state index < -0.39 is 0 Å². The quantitative estimate of drug-likeness (QED) is 0.382. The van der Waals surface area contributed by atoms with Crippen LogP contribution in [0.25, 0.3) is 0 Å². The fraction of sp³-hybridized carbons (Fsp3) is 0.417. The fourth-order valence-electron chi connectivity index (χ4n) is 2.05. The lowest BCUT2D eigenvalue weighted by atomic mass is 10.2. The number of rotatable bonds is 2. The molecule has 0 saturated heterocycles. The SMILES string of the molecule is NNC(=NC1CCCC1)c1ccc(F)c(Br)c1. The first kappa shape index (κ1) is 12.5. The summed E-state index contributed by atoms with van der Waals surface area (Å²) in [5.74, 6) is 5.82. The number of amidine groups is 1. The highest BCUT2D eigenvalue weighted by Gasteiger charge is 2.15. The van der Waals surface area contributed by atoms with Crippen LogP contribution in [0.1, 0.15) is 31.2 Å². The Bertz CT molecular complexity index is 428. The Morgan fingerprint density at radius 3 is 2.71 bits per heavy atom. The van der Waals surface area contributed by atoms with Crippen molar-refractivity contribution in [2.45, 2.75) is 31.7 Å². The van der Waals surface area contributed by atoms with Gasteiger partial charge in [0.05, 0.1) is 10.5 Å². The van der Waals surface area contributed by atoms with E-state index in [1.54, 1.807) is 12.1 Å². The van der Waals surface area contributed by atoms with Crippen molar-refractivity contribution in [3.8, 4) is 0 Å². The summed E-state index contributed by atoms with van der Waals surface area (Å²) in [7, 11) is 0. The van der Waals surface area contributed by atoms with Gasteiger partial charge in [0.2, 0.25) is 0 Å². The molecule has 0 aromatic heterocycles. The lowest BCUT2D eigenvalue weighted by Crippen LogP contribution is -2.32. The van der Waals surface area contributed by atoms with Crippen LogP contribution >= 0.6 is 15.9 Å². The highest BCUT2D eigenvalue weighted by molar-refractivity contribution is 9.10. The van der Waals surface area contributed by atoms with Gasteiger partial charge in [-0.25, -0.2) is 10.2 Å². The van der Waals surface area contributed by atoms with Gasteiger partial charge < -0.3 is 5.43 Å². The van der Waals surface area contributed by atoms with Gasteiger partial charge in [0, 0.05) is 5.56 Å². The third-order valence-corrected chi connectivity index (χ3v) is 3.57. The number of hydrogen-bond donors (Lipinski definition) is 2. The molecule has 17 heavy (non-hydrogen) atoms. The lowest BCUT2D eigenvalue weighted by molar-refractivity contribution is 0.621. The van der Waals surface area contributed by atoms with Crippen molar-refractivity contribution in [3.05, 3.63) is 34.1 Å². The summed E-state index contributed by atoms with van der Waals surface area (Å²) in [5.41, 5.74) is 3.40. The lowest BCUT2D eigenvalue weighted by Gasteiger charge is -2.10. The zero-order valence-corrected chi connectivity index (χ0v) is 11.0. The van der Waals surface area contributed by atoms with Gasteiger partial charge in [0.1, 0.15) is 11.7 Å². The molecule has 0 amide bonds. The van der Waals surface area contributed by atoms with Crippen LogP contribution in [-0.2, 0) is 0 Å². The van der Waals surface area contributed by atoms with Crippen molar-refractivity contribution in [3.63, 3.8) is 0 Å². The van der Waals surface area contributed by atoms with Crippen molar-refractivity contribution in [1.82, 2.24) is 5.43 Å². The van der Waals surface area contributed by atoms with Crippen LogP contribution in [-0.4, -0.2) is 11.9 Å². The van der Waals surface area contributed by atoms with Gasteiger partial charge >= 0.3 is 0 Å². The Morgan fingerprint density at radius 2 is 2.12 bits per heavy atom. The van der Waals surface area contributed by atoms with E-state index in [-0.39, 0.29) is 5.82 Å². The Labute approximate surface area is 108 Å². The second kappa shape index (κ2) is 5.60. The maximum absolute atomic E-state index is 13.1. The largest absolute Gasteiger partial charge is 0.308 e. The van der Waals surface area contributed by atoms with Crippen LogP contribution in [0.5, 0.6) is 0 Å².